The lowest BCUT2D eigenvalue weighted by atomic mass is 10.1. The predicted molar refractivity (Wildman–Crippen MR) is 127 cm³/mol. The average Bonchev–Trinajstić information content (AvgIpc) is 2.80. The van der Waals surface area contributed by atoms with E-state index in [1.165, 1.54) is 10.5 Å². The molecule has 0 spiro atoms. The van der Waals surface area contributed by atoms with Crippen molar-refractivity contribution in [3.63, 3.8) is 0 Å². The minimum Gasteiger partial charge on any atom is -0.487 e. The van der Waals surface area contributed by atoms with Crippen LogP contribution in [0.5, 0.6) is 11.5 Å². The van der Waals surface area contributed by atoms with Crippen molar-refractivity contribution < 1.29 is 14.3 Å². The van der Waals surface area contributed by atoms with Crippen LogP contribution in [0.2, 0.25) is 0 Å². The van der Waals surface area contributed by atoms with Gasteiger partial charge in [-0.1, -0.05) is 18.2 Å². The first-order valence-corrected chi connectivity index (χ1v) is 10.6. The molecule has 4 rings (SSSR count). The van der Waals surface area contributed by atoms with E-state index in [9.17, 15) is 9.59 Å². The molecule has 168 valence electrons. The van der Waals surface area contributed by atoms with Crippen molar-refractivity contribution in [2.24, 2.45) is 0 Å². The van der Waals surface area contributed by atoms with Gasteiger partial charge < -0.3 is 14.8 Å². The van der Waals surface area contributed by atoms with Crippen molar-refractivity contribution in [1.82, 2.24) is 9.38 Å². The molecule has 0 bridgehead atoms. The van der Waals surface area contributed by atoms with Crippen LogP contribution in [0.25, 0.3) is 5.65 Å². The summed E-state index contributed by atoms with van der Waals surface area (Å²) in [6, 6.07) is 18.1. The number of hydrogen-bond donors (Lipinski definition) is 1. The zero-order chi connectivity index (χ0) is 23.4. The molecule has 2 aromatic heterocycles. The SMILES string of the molecule is Cc1ccc(C)c(OCC(=O)Nc2ccc(OCc3cc(=O)n4cccc(C)c4n3)cc2)c1. The molecule has 0 aliphatic rings. The molecule has 0 radical (unpaired) electrons. The average molecular weight is 444 g/mol. The van der Waals surface area contributed by atoms with E-state index in [-0.39, 0.29) is 24.7 Å². The molecule has 0 fully saturated rings. The topological polar surface area (TPSA) is 81.9 Å². The van der Waals surface area contributed by atoms with Crippen molar-refractivity contribution >= 4 is 17.2 Å². The summed E-state index contributed by atoms with van der Waals surface area (Å²) < 4.78 is 12.9. The van der Waals surface area contributed by atoms with Gasteiger partial charge in [0.2, 0.25) is 0 Å². The van der Waals surface area contributed by atoms with Gasteiger partial charge in [0.1, 0.15) is 23.8 Å². The number of amides is 1. The number of rotatable bonds is 7. The van der Waals surface area contributed by atoms with Gasteiger partial charge in [-0.2, -0.15) is 0 Å². The molecule has 0 saturated heterocycles. The summed E-state index contributed by atoms with van der Waals surface area (Å²) >= 11 is 0. The Labute approximate surface area is 191 Å². The highest BCUT2D eigenvalue weighted by Crippen LogP contribution is 2.20. The zero-order valence-electron chi connectivity index (χ0n) is 18.8. The lowest BCUT2D eigenvalue weighted by Gasteiger charge is -2.11. The van der Waals surface area contributed by atoms with Crippen LogP contribution in [-0.2, 0) is 11.4 Å². The number of hydrogen-bond acceptors (Lipinski definition) is 5. The van der Waals surface area contributed by atoms with Crippen LogP contribution in [0.4, 0.5) is 5.69 Å². The van der Waals surface area contributed by atoms with Crippen LogP contribution in [0.1, 0.15) is 22.4 Å². The van der Waals surface area contributed by atoms with Gasteiger partial charge in [-0.25, -0.2) is 4.98 Å². The standard InChI is InChI=1S/C26H25N3O4/c1-17-6-7-18(2)23(13-17)33-16-24(30)27-20-8-10-22(11-9-20)32-15-21-14-25(31)29-12-4-5-19(3)26(29)28-21/h4-14H,15-16H2,1-3H3,(H,27,30). The number of fused-ring (bicyclic) bond motifs is 1. The smallest absolute Gasteiger partial charge is 0.262 e. The molecule has 7 nitrogen and oxygen atoms in total. The maximum atomic E-state index is 12.3. The Bertz CT molecular complexity index is 1360. The fourth-order valence-corrected chi connectivity index (χ4v) is 3.38. The lowest BCUT2D eigenvalue weighted by Crippen LogP contribution is -2.20. The van der Waals surface area contributed by atoms with E-state index in [0.29, 0.717) is 28.5 Å². The van der Waals surface area contributed by atoms with Crippen molar-refractivity contribution in [2.75, 3.05) is 11.9 Å². The first-order valence-electron chi connectivity index (χ1n) is 10.6. The fraction of sp³-hybridized carbons (Fsp3) is 0.192. The number of nitrogens with one attached hydrogen (secondary N) is 1. The molecular weight excluding hydrogens is 418 g/mol. The minimum absolute atomic E-state index is 0.0782. The highest BCUT2D eigenvalue weighted by molar-refractivity contribution is 5.91. The van der Waals surface area contributed by atoms with E-state index in [0.717, 1.165) is 16.7 Å². The molecule has 0 aliphatic carbocycles. The van der Waals surface area contributed by atoms with E-state index in [1.54, 1.807) is 30.5 Å². The number of anilines is 1. The molecule has 2 heterocycles. The van der Waals surface area contributed by atoms with Gasteiger partial charge in [-0.05, 0) is 73.9 Å². The first kappa shape index (κ1) is 22.1. The second-order valence-corrected chi connectivity index (χ2v) is 7.89. The number of ether oxygens (including phenoxy) is 2. The Morgan fingerprint density at radius 1 is 0.970 bits per heavy atom. The van der Waals surface area contributed by atoms with Crippen LogP contribution in [-0.4, -0.2) is 21.9 Å². The maximum absolute atomic E-state index is 12.3. The Morgan fingerprint density at radius 2 is 1.76 bits per heavy atom. The first-order chi connectivity index (χ1) is 15.9. The van der Waals surface area contributed by atoms with E-state index >= 15 is 0 Å². The van der Waals surface area contributed by atoms with E-state index in [4.69, 9.17) is 9.47 Å². The van der Waals surface area contributed by atoms with Crippen molar-refractivity contribution in [1.29, 1.82) is 0 Å². The van der Waals surface area contributed by atoms with Crippen LogP contribution in [0.15, 0.2) is 71.7 Å². The Balaban J connectivity index is 1.33. The van der Waals surface area contributed by atoms with Gasteiger partial charge in [0.25, 0.3) is 11.5 Å². The van der Waals surface area contributed by atoms with Gasteiger partial charge in [0, 0.05) is 18.0 Å². The number of aromatic nitrogens is 2. The van der Waals surface area contributed by atoms with Crippen LogP contribution >= 0.6 is 0 Å². The third-order valence-electron chi connectivity index (χ3n) is 5.17. The molecule has 0 atom stereocenters. The van der Waals surface area contributed by atoms with Gasteiger partial charge in [0.05, 0.1) is 5.69 Å². The highest BCUT2D eigenvalue weighted by atomic mass is 16.5. The van der Waals surface area contributed by atoms with Crippen molar-refractivity contribution in [3.05, 3.63) is 99.6 Å². The number of aryl methyl sites for hydroxylation is 3. The van der Waals surface area contributed by atoms with Crippen molar-refractivity contribution in [2.45, 2.75) is 27.4 Å². The molecule has 7 heteroatoms. The highest BCUT2D eigenvalue weighted by Gasteiger charge is 2.08. The quantitative estimate of drug-likeness (QED) is 0.463. The number of benzene rings is 2. The monoisotopic (exact) mass is 443 g/mol. The Kier molecular flexibility index (Phi) is 6.40. The summed E-state index contributed by atoms with van der Waals surface area (Å²) in [6.45, 7) is 5.91. The van der Waals surface area contributed by atoms with Gasteiger partial charge in [0.15, 0.2) is 6.61 Å². The Hall–Kier alpha value is -4.13. The maximum Gasteiger partial charge on any atom is 0.262 e. The second-order valence-electron chi connectivity index (χ2n) is 7.89. The third kappa shape index (κ3) is 5.38. The normalized spacial score (nSPS) is 10.8. The van der Waals surface area contributed by atoms with Crippen molar-refractivity contribution in [3.8, 4) is 11.5 Å². The molecular formula is C26H25N3O4. The fourth-order valence-electron chi connectivity index (χ4n) is 3.38. The largest absolute Gasteiger partial charge is 0.487 e. The van der Waals surface area contributed by atoms with E-state index in [2.05, 4.69) is 10.3 Å². The second kappa shape index (κ2) is 9.56. The molecule has 1 amide bonds. The van der Waals surface area contributed by atoms with Gasteiger partial charge in [-0.3, -0.25) is 14.0 Å². The van der Waals surface area contributed by atoms with Crippen LogP contribution < -0.4 is 20.3 Å². The molecule has 2 aromatic carbocycles. The summed E-state index contributed by atoms with van der Waals surface area (Å²) in [5.74, 6) is 1.05. The van der Waals surface area contributed by atoms with Gasteiger partial charge >= 0.3 is 0 Å². The summed E-state index contributed by atoms with van der Waals surface area (Å²) in [5, 5.41) is 2.81. The molecule has 0 unspecified atom stereocenters. The summed E-state index contributed by atoms with van der Waals surface area (Å²) in [4.78, 5) is 29.1. The van der Waals surface area contributed by atoms with Crippen LogP contribution in [0.3, 0.4) is 0 Å². The molecule has 1 N–H and O–H groups in total. The zero-order valence-corrected chi connectivity index (χ0v) is 18.8. The molecule has 0 saturated carbocycles. The number of nitrogens with zero attached hydrogens (tertiary/aromatic N) is 2. The third-order valence-corrected chi connectivity index (χ3v) is 5.17. The number of pyridine rings is 1. The molecule has 33 heavy (non-hydrogen) atoms. The lowest BCUT2D eigenvalue weighted by molar-refractivity contribution is -0.118. The summed E-state index contributed by atoms with van der Waals surface area (Å²) in [7, 11) is 0. The predicted octanol–water partition coefficient (Wildman–Crippen LogP) is 4.22. The molecule has 0 aliphatic heterocycles. The van der Waals surface area contributed by atoms with E-state index in [1.807, 2.05) is 51.1 Å². The molecule has 4 aromatic rings. The van der Waals surface area contributed by atoms with E-state index < -0.39 is 0 Å². The minimum atomic E-state index is -0.249. The van der Waals surface area contributed by atoms with Gasteiger partial charge in [-0.15, -0.1) is 0 Å². The summed E-state index contributed by atoms with van der Waals surface area (Å²) in [5.41, 5.74) is 4.62. The number of carbonyl (C=O) groups excluding carboxylic acids is 1. The Morgan fingerprint density at radius 3 is 2.55 bits per heavy atom. The van der Waals surface area contributed by atoms with Crippen LogP contribution in [0, 0.1) is 20.8 Å². The number of carbonyl (C=O) groups is 1. The summed E-state index contributed by atoms with van der Waals surface area (Å²) in [6.07, 6.45) is 1.70.